The zero-order valence-electron chi connectivity index (χ0n) is 11.7. The van der Waals surface area contributed by atoms with Crippen LogP contribution in [0, 0.1) is 13.8 Å². The van der Waals surface area contributed by atoms with Gasteiger partial charge in [0.15, 0.2) is 0 Å². The number of rotatable bonds is 4. The summed E-state index contributed by atoms with van der Waals surface area (Å²) in [6.07, 6.45) is 0.710. The quantitative estimate of drug-likeness (QED) is 0.674. The molecule has 0 aliphatic rings. The van der Waals surface area contributed by atoms with Crippen molar-refractivity contribution in [2.24, 2.45) is 12.9 Å². The number of aryl methyl sites for hydroxylation is 2. The standard InChI is InChI=1S/C14H18Cl2N4/c1-8-11(9(2)20(3)19-8)7-13(18-17)10-5-4-6-12(15)14(10)16/h4-6,13,18H,7,17H2,1-3H3. The molecular formula is C14H18Cl2N4. The van der Waals surface area contributed by atoms with Gasteiger partial charge in [-0.3, -0.25) is 16.0 Å². The Bertz CT molecular complexity index is 622. The van der Waals surface area contributed by atoms with Crippen molar-refractivity contribution < 1.29 is 0 Å². The van der Waals surface area contributed by atoms with E-state index in [0.717, 1.165) is 17.0 Å². The average molecular weight is 313 g/mol. The third-order valence-electron chi connectivity index (χ3n) is 3.63. The van der Waals surface area contributed by atoms with E-state index in [1.165, 1.54) is 5.56 Å². The van der Waals surface area contributed by atoms with Crippen LogP contribution in [0.25, 0.3) is 0 Å². The van der Waals surface area contributed by atoms with Crippen molar-refractivity contribution in [1.29, 1.82) is 0 Å². The fourth-order valence-electron chi connectivity index (χ4n) is 2.37. The first-order valence-electron chi connectivity index (χ1n) is 6.34. The van der Waals surface area contributed by atoms with Crippen molar-refractivity contribution in [2.75, 3.05) is 0 Å². The Kier molecular flexibility index (Phi) is 4.70. The molecule has 1 aromatic heterocycles. The summed E-state index contributed by atoms with van der Waals surface area (Å²) in [5.41, 5.74) is 7.01. The highest BCUT2D eigenvalue weighted by Crippen LogP contribution is 2.32. The summed E-state index contributed by atoms with van der Waals surface area (Å²) in [5, 5.41) is 5.49. The van der Waals surface area contributed by atoms with E-state index < -0.39 is 0 Å². The van der Waals surface area contributed by atoms with Gasteiger partial charge in [-0.05, 0) is 37.5 Å². The highest BCUT2D eigenvalue weighted by Gasteiger charge is 2.19. The Hall–Kier alpha value is -1.07. The largest absolute Gasteiger partial charge is 0.272 e. The number of hydrogen-bond acceptors (Lipinski definition) is 3. The van der Waals surface area contributed by atoms with Crippen LogP contribution in [0.5, 0.6) is 0 Å². The molecule has 4 nitrogen and oxygen atoms in total. The minimum absolute atomic E-state index is 0.109. The molecular weight excluding hydrogens is 295 g/mol. The molecule has 0 aliphatic heterocycles. The molecule has 0 amide bonds. The van der Waals surface area contributed by atoms with E-state index in [1.807, 2.05) is 37.7 Å². The van der Waals surface area contributed by atoms with Gasteiger partial charge in [0.1, 0.15) is 0 Å². The molecule has 0 spiro atoms. The minimum atomic E-state index is -0.109. The van der Waals surface area contributed by atoms with Gasteiger partial charge in [-0.2, -0.15) is 5.10 Å². The van der Waals surface area contributed by atoms with E-state index in [-0.39, 0.29) is 6.04 Å². The number of hydrogen-bond donors (Lipinski definition) is 2. The summed E-state index contributed by atoms with van der Waals surface area (Å²) in [6.45, 7) is 4.04. The highest BCUT2D eigenvalue weighted by atomic mass is 35.5. The maximum atomic E-state index is 6.27. The average Bonchev–Trinajstić information content (AvgIpc) is 2.65. The molecule has 2 rings (SSSR count). The van der Waals surface area contributed by atoms with Gasteiger partial charge in [0.25, 0.3) is 0 Å². The normalized spacial score (nSPS) is 12.7. The summed E-state index contributed by atoms with van der Waals surface area (Å²) >= 11 is 12.3. The molecule has 0 saturated carbocycles. The van der Waals surface area contributed by atoms with E-state index in [1.54, 1.807) is 6.07 Å². The number of halogens is 2. The van der Waals surface area contributed by atoms with E-state index in [2.05, 4.69) is 10.5 Å². The molecule has 0 saturated heterocycles. The van der Waals surface area contributed by atoms with Gasteiger partial charge in [-0.1, -0.05) is 35.3 Å². The van der Waals surface area contributed by atoms with Crippen LogP contribution < -0.4 is 11.3 Å². The molecule has 0 radical (unpaired) electrons. The Morgan fingerprint density at radius 1 is 1.35 bits per heavy atom. The molecule has 3 N–H and O–H groups in total. The third-order valence-corrected chi connectivity index (χ3v) is 4.46. The maximum Gasteiger partial charge on any atom is 0.0640 e. The summed E-state index contributed by atoms with van der Waals surface area (Å²) in [6, 6.07) is 5.46. The third kappa shape index (κ3) is 2.83. The molecule has 0 aliphatic carbocycles. The van der Waals surface area contributed by atoms with E-state index in [4.69, 9.17) is 29.0 Å². The van der Waals surface area contributed by atoms with Crippen LogP contribution in [0.2, 0.25) is 10.0 Å². The zero-order chi connectivity index (χ0) is 14.9. The van der Waals surface area contributed by atoms with Crippen LogP contribution in [0.4, 0.5) is 0 Å². The van der Waals surface area contributed by atoms with E-state index in [0.29, 0.717) is 16.5 Å². The number of nitrogens with zero attached hydrogens (tertiary/aromatic N) is 2. The first-order chi connectivity index (χ1) is 9.45. The molecule has 2 aromatic rings. The van der Waals surface area contributed by atoms with E-state index >= 15 is 0 Å². The van der Waals surface area contributed by atoms with Crippen molar-refractivity contribution in [2.45, 2.75) is 26.3 Å². The number of hydrazine groups is 1. The second kappa shape index (κ2) is 6.14. The van der Waals surface area contributed by atoms with Crippen LogP contribution in [0.3, 0.4) is 0 Å². The van der Waals surface area contributed by atoms with Crippen molar-refractivity contribution in [3.8, 4) is 0 Å². The summed E-state index contributed by atoms with van der Waals surface area (Å²) in [7, 11) is 1.93. The molecule has 20 heavy (non-hydrogen) atoms. The fraction of sp³-hybridized carbons (Fsp3) is 0.357. The summed E-state index contributed by atoms with van der Waals surface area (Å²) in [4.78, 5) is 0. The Balaban J connectivity index is 2.36. The number of aromatic nitrogens is 2. The van der Waals surface area contributed by atoms with Gasteiger partial charge >= 0.3 is 0 Å². The van der Waals surface area contributed by atoms with Crippen LogP contribution in [-0.2, 0) is 13.5 Å². The van der Waals surface area contributed by atoms with Crippen LogP contribution in [-0.4, -0.2) is 9.78 Å². The van der Waals surface area contributed by atoms with Crippen molar-refractivity contribution in [3.05, 3.63) is 50.8 Å². The zero-order valence-corrected chi connectivity index (χ0v) is 13.3. The smallest absolute Gasteiger partial charge is 0.0640 e. The van der Waals surface area contributed by atoms with Gasteiger partial charge < -0.3 is 0 Å². The molecule has 1 unspecified atom stereocenters. The molecule has 108 valence electrons. The van der Waals surface area contributed by atoms with Gasteiger partial charge in [0.2, 0.25) is 0 Å². The SMILES string of the molecule is Cc1nn(C)c(C)c1CC(NN)c1cccc(Cl)c1Cl. The maximum absolute atomic E-state index is 6.27. The predicted octanol–water partition coefficient (Wildman–Crippen LogP) is 3.09. The van der Waals surface area contributed by atoms with Crippen LogP contribution >= 0.6 is 23.2 Å². The van der Waals surface area contributed by atoms with Gasteiger partial charge in [-0.25, -0.2) is 0 Å². The lowest BCUT2D eigenvalue weighted by Crippen LogP contribution is -2.30. The molecule has 0 fully saturated rings. The molecule has 0 bridgehead atoms. The Morgan fingerprint density at radius 2 is 2.05 bits per heavy atom. The predicted molar refractivity (Wildman–Crippen MR) is 82.9 cm³/mol. The molecule has 1 atom stereocenters. The fourth-order valence-corrected chi connectivity index (χ4v) is 2.80. The Morgan fingerprint density at radius 3 is 2.60 bits per heavy atom. The molecule has 1 aromatic carbocycles. The lowest BCUT2D eigenvalue weighted by atomic mass is 9.98. The second-order valence-corrected chi connectivity index (χ2v) is 5.62. The van der Waals surface area contributed by atoms with Gasteiger partial charge in [-0.15, -0.1) is 0 Å². The monoisotopic (exact) mass is 312 g/mol. The first kappa shape index (κ1) is 15.3. The first-order valence-corrected chi connectivity index (χ1v) is 7.10. The number of nitrogens with one attached hydrogen (secondary N) is 1. The van der Waals surface area contributed by atoms with Gasteiger partial charge in [0, 0.05) is 12.7 Å². The van der Waals surface area contributed by atoms with Crippen molar-refractivity contribution in [1.82, 2.24) is 15.2 Å². The van der Waals surface area contributed by atoms with Crippen molar-refractivity contribution >= 4 is 23.2 Å². The Labute approximate surface area is 128 Å². The van der Waals surface area contributed by atoms with Crippen LogP contribution in [0.1, 0.15) is 28.6 Å². The topological polar surface area (TPSA) is 55.9 Å². The minimum Gasteiger partial charge on any atom is -0.272 e. The number of benzene rings is 1. The lowest BCUT2D eigenvalue weighted by molar-refractivity contribution is 0.549. The second-order valence-electron chi connectivity index (χ2n) is 4.84. The summed E-state index contributed by atoms with van der Waals surface area (Å²) < 4.78 is 1.87. The van der Waals surface area contributed by atoms with Crippen LogP contribution in [0.15, 0.2) is 18.2 Å². The van der Waals surface area contributed by atoms with Crippen molar-refractivity contribution in [3.63, 3.8) is 0 Å². The summed E-state index contributed by atoms with van der Waals surface area (Å²) in [5.74, 6) is 5.70. The molecule has 1 heterocycles. The lowest BCUT2D eigenvalue weighted by Gasteiger charge is -2.18. The van der Waals surface area contributed by atoms with Gasteiger partial charge in [0.05, 0.1) is 21.8 Å². The highest BCUT2D eigenvalue weighted by molar-refractivity contribution is 6.42. The molecule has 6 heteroatoms. The number of nitrogens with two attached hydrogens (primary N) is 1. The van der Waals surface area contributed by atoms with E-state index in [9.17, 15) is 0 Å².